The van der Waals surface area contributed by atoms with Gasteiger partial charge in [0.05, 0.1) is 6.26 Å². The number of nitrogens with one attached hydrogen (secondary N) is 2. The number of benzene rings is 1. The van der Waals surface area contributed by atoms with Gasteiger partial charge in [0.25, 0.3) is 0 Å². The maximum Gasteiger partial charge on any atom is 0.314 e. The Morgan fingerprint density at radius 3 is 2.52 bits per heavy atom. The van der Waals surface area contributed by atoms with Crippen LogP contribution in [-0.2, 0) is 19.3 Å². The number of primary amides is 1. The van der Waals surface area contributed by atoms with Gasteiger partial charge in [-0.1, -0.05) is 24.3 Å². The first-order valence-electron chi connectivity index (χ1n) is 10.9. The highest BCUT2D eigenvalue weighted by molar-refractivity contribution is 14.0. The van der Waals surface area contributed by atoms with Gasteiger partial charge in [0.15, 0.2) is 5.96 Å². The van der Waals surface area contributed by atoms with E-state index in [-0.39, 0.29) is 36.0 Å². The van der Waals surface area contributed by atoms with E-state index in [0.717, 1.165) is 50.2 Å². The molecule has 2 aromatic rings. The second kappa shape index (κ2) is 11.4. The maximum absolute atomic E-state index is 11.4. The molecule has 2 amide bonds. The highest BCUT2D eigenvalue weighted by atomic mass is 127. The van der Waals surface area contributed by atoms with E-state index in [0.29, 0.717) is 25.7 Å². The van der Waals surface area contributed by atoms with E-state index in [1.54, 1.807) is 11.2 Å². The van der Waals surface area contributed by atoms with Crippen LogP contribution in [-0.4, -0.2) is 48.6 Å². The number of halogens is 1. The zero-order chi connectivity index (χ0) is 20.8. The summed E-state index contributed by atoms with van der Waals surface area (Å²) in [5.74, 6) is 1.79. The Bertz CT molecular complexity index is 863. The molecule has 2 heterocycles. The van der Waals surface area contributed by atoms with Crippen LogP contribution < -0.4 is 16.4 Å². The number of aryl methyl sites for hydroxylation is 1. The Hall–Kier alpha value is -2.23. The Kier molecular flexibility index (Phi) is 8.62. The number of urea groups is 1. The number of likely N-dealkylation sites (tertiary alicyclic amines) is 1. The molecule has 2 aliphatic rings. The standard InChI is InChI=1S/C23H31N5O2.HI/c24-22(29)28-13-10-19(11-14-28)26-23(25-12-9-21-6-3-15-30-21)27-20-8-7-17-4-1-2-5-18(17)16-20;/h1-6,15,19-20H,7-14,16H2,(H2,24,29)(H2,25,26,27);1H. The SMILES string of the molecule is I.NC(=O)N1CCC(NC(=NCCc2ccco2)NC2CCc3ccccc3C2)CC1. The van der Waals surface area contributed by atoms with Gasteiger partial charge in [-0.05, 0) is 55.4 Å². The zero-order valence-corrected chi connectivity index (χ0v) is 20.1. The number of nitrogens with zero attached hydrogens (tertiary/aromatic N) is 2. The molecule has 1 aliphatic heterocycles. The lowest BCUT2D eigenvalue weighted by Crippen LogP contribution is -2.53. The number of amides is 2. The van der Waals surface area contributed by atoms with Gasteiger partial charge < -0.3 is 25.7 Å². The molecule has 4 rings (SSSR count). The number of carbonyl (C=O) groups excluding carboxylic acids is 1. The molecule has 1 atom stereocenters. The molecule has 1 unspecified atom stereocenters. The van der Waals surface area contributed by atoms with E-state index in [4.69, 9.17) is 15.1 Å². The van der Waals surface area contributed by atoms with Crippen LogP contribution in [0.25, 0.3) is 0 Å². The van der Waals surface area contributed by atoms with Crippen molar-refractivity contribution >= 4 is 36.0 Å². The number of carbonyl (C=O) groups is 1. The number of piperidine rings is 1. The summed E-state index contributed by atoms with van der Waals surface area (Å²) in [5, 5.41) is 7.26. The molecule has 7 nitrogen and oxygen atoms in total. The number of rotatable bonds is 5. The van der Waals surface area contributed by atoms with E-state index in [1.165, 1.54) is 11.1 Å². The fourth-order valence-electron chi connectivity index (χ4n) is 4.32. The number of aliphatic imine (C=N–C) groups is 1. The lowest BCUT2D eigenvalue weighted by atomic mass is 9.88. The summed E-state index contributed by atoms with van der Waals surface area (Å²) in [6, 6.07) is 12.9. The van der Waals surface area contributed by atoms with Crippen LogP contribution in [0.5, 0.6) is 0 Å². The largest absolute Gasteiger partial charge is 0.469 e. The molecule has 8 heteroatoms. The normalized spacial score (nSPS) is 19.3. The van der Waals surface area contributed by atoms with Gasteiger partial charge in [-0.25, -0.2) is 4.79 Å². The smallest absolute Gasteiger partial charge is 0.314 e. The van der Waals surface area contributed by atoms with Crippen LogP contribution in [0.15, 0.2) is 52.1 Å². The molecular weight excluding hydrogens is 505 g/mol. The van der Waals surface area contributed by atoms with E-state index in [9.17, 15) is 4.79 Å². The van der Waals surface area contributed by atoms with Crippen molar-refractivity contribution in [1.82, 2.24) is 15.5 Å². The van der Waals surface area contributed by atoms with Crippen LogP contribution in [0.1, 0.15) is 36.1 Å². The highest BCUT2D eigenvalue weighted by Gasteiger charge is 2.24. The number of nitrogens with two attached hydrogens (primary N) is 1. The monoisotopic (exact) mass is 537 g/mol. The van der Waals surface area contributed by atoms with E-state index in [2.05, 4.69) is 34.9 Å². The number of hydrogen-bond donors (Lipinski definition) is 3. The van der Waals surface area contributed by atoms with Gasteiger partial charge in [-0.3, -0.25) is 4.99 Å². The van der Waals surface area contributed by atoms with E-state index in [1.807, 2.05) is 12.1 Å². The predicted octanol–water partition coefficient (Wildman–Crippen LogP) is 3.08. The molecule has 0 saturated carbocycles. The number of fused-ring (bicyclic) bond motifs is 1. The zero-order valence-electron chi connectivity index (χ0n) is 17.8. The fourth-order valence-corrected chi connectivity index (χ4v) is 4.32. The van der Waals surface area contributed by atoms with Gasteiger partial charge in [0, 0.05) is 38.1 Å². The van der Waals surface area contributed by atoms with Crippen molar-refractivity contribution in [2.24, 2.45) is 10.7 Å². The Labute approximate surface area is 200 Å². The molecule has 1 saturated heterocycles. The third kappa shape index (κ3) is 6.62. The van der Waals surface area contributed by atoms with Crippen molar-refractivity contribution in [3.63, 3.8) is 0 Å². The predicted molar refractivity (Wildman–Crippen MR) is 133 cm³/mol. The van der Waals surface area contributed by atoms with Crippen LogP contribution in [0, 0.1) is 0 Å². The minimum atomic E-state index is -0.334. The highest BCUT2D eigenvalue weighted by Crippen LogP contribution is 2.21. The summed E-state index contributed by atoms with van der Waals surface area (Å²) in [6.07, 6.45) is 7.40. The van der Waals surface area contributed by atoms with E-state index < -0.39 is 0 Å². The summed E-state index contributed by atoms with van der Waals surface area (Å²) in [7, 11) is 0. The third-order valence-electron chi connectivity index (χ3n) is 6.04. The molecule has 1 aliphatic carbocycles. The number of guanidine groups is 1. The lowest BCUT2D eigenvalue weighted by molar-refractivity contribution is 0.188. The third-order valence-corrected chi connectivity index (χ3v) is 6.04. The van der Waals surface area contributed by atoms with Gasteiger partial charge in [0.1, 0.15) is 5.76 Å². The molecular formula is C23H32IN5O2. The van der Waals surface area contributed by atoms with Gasteiger partial charge >= 0.3 is 6.03 Å². The molecule has 0 radical (unpaired) electrons. The molecule has 31 heavy (non-hydrogen) atoms. The lowest BCUT2D eigenvalue weighted by Gasteiger charge is -2.33. The molecule has 4 N–H and O–H groups in total. The van der Waals surface area contributed by atoms with Gasteiger partial charge in [-0.2, -0.15) is 0 Å². The first kappa shape index (κ1) is 23.4. The first-order valence-corrected chi connectivity index (χ1v) is 10.9. The average molecular weight is 537 g/mol. The second-order valence-corrected chi connectivity index (χ2v) is 8.16. The molecule has 0 spiro atoms. The van der Waals surface area contributed by atoms with Crippen molar-refractivity contribution in [1.29, 1.82) is 0 Å². The van der Waals surface area contributed by atoms with Crippen LogP contribution in [0.3, 0.4) is 0 Å². The summed E-state index contributed by atoms with van der Waals surface area (Å²) in [4.78, 5) is 17.9. The van der Waals surface area contributed by atoms with Gasteiger partial charge in [0.2, 0.25) is 0 Å². The molecule has 168 valence electrons. The molecule has 1 aromatic heterocycles. The summed E-state index contributed by atoms with van der Waals surface area (Å²) in [5.41, 5.74) is 8.29. The topological polar surface area (TPSA) is 95.9 Å². The van der Waals surface area contributed by atoms with Gasteiger partial charge in [-0.15, -0.1) is 24.0 Å². The quantitative estimate of drug-likeness (QED) is 0.311. The summed E-state index contributed by atoms with van der Waals surface area (Å²) < 4.78 is 5.43. The van der Waals surface area contributed by atoms with Crippen molar-refractivity contribution in [3.8, 4) is 0 Å². The summed E-state index contributed by atoms with van der Waals surface area (Å²) >= 11 is 0. The van der Waals surface area contributed by atoms with Crippen molar-refractivity contribution in [3.05, 3.63) is 59.5 Å². The Balaban J connectivity index is 0.00000272. The summed E-state index contributed by atoms with van der Waals surface area (Å²) in [6.45, 7) is 2.03. The average Bonchev–Trinajstić information content (AvgIpc) is 3.27. The van der Waals surface area contributed by atoms with Crippen LogP contribution >= 0.6 is 24.0 Å². The molecule has 1 fully saturated rings. The maximum atomic E-state index is 11.4. The van der Waals surface area contributed by atoms with E-state index >= 15 is 0 Å². The minimum absolute atomic E-state index is 0. The first-order chi connectivity index (χ1) is 14.7. The van der Waals surface area contributed by atoms with Crippen molar-refractivity contribution in [2.45, 2.75) is 50.6 Å². The molecule has 1 aromatic carbocycles. The van der Waals surface area contributed by atoms with Crippen LogP contribution in [0.4, 0.5) is 4.79 Å². The Morgan fingerprint density at radius 2 is 1.81 bits per heavy atom. The number of hydrogen-bond acceptors (Lipinski definition) is 3. The van der Waals surface area contributed by atoms with Crippen LogP contribution in [0.2, 0.25) is 0 Å². The van der Waals surface area contributed by atoms with Crippen molar-refractivity contribution in [2.75, 3.05) is 19.6 Å². The minimum Gasteiger partial charge on any atom is -0.469 e. The Morgan fingerprint density at radius 1 is 1.06 bits per heavy atom. The second-order valence-electron chi connectivity index (χ2n) is 8.16. The molecule has 0 bridgehead atoms. The number of furan rings is 1. The fraction of sp³-hybridized carbons (Fsp3) is 0.478. The van der Waals surface area contributed by atoms with Crippen molar-refractivity contribution < 1.29 is 9.21 Å².